The summed E-state index contributed by atoms with van der Waals surface area (Å²) in [4.78, 5) is 16.8. The third kappa shape index (κ3) is 4.36. The van der Waals surface area contributed by atoms with Crippen molar-refractivity contribution in [1.29, 1.82) is 0 Å². The minimum Gasteiger partial charge on any atom is -0.208 e. The summed E-state index contributed by atoms with van der Waals surface area (Å²) in [5.74, 6) is 1.92. The number of aromatic nitrogens is 6. The number of thiophene rings is 1. The number of hydrogen-bond donors (Lipinski definition) is 0. The van der Waals surface area contributed by atoms with Gasteiger partial charge in [0.05, 0.1) is 5.69 Å². The molecule has 0 N–H and O–H groups in total. The van der Waals surface area contributed by atoms with Crippen LogP contribution >= 0.6 is 11.3 Å². The molecule has 0 radical (unpaired) electrons. The van der Waals surface area contributed by atoms with Crippen LogP contribution in [0.1, 0.15) is 0 Å². The highest BCUT2D eigenvalue weighted by molar-refractivity contribution is 7.25. The molecule has 0 saturated heterocycles. The summed E-state index contributed by atoms with van der Waals surface area (Å²) in [7, 11) is 0. The van der Waals surface area contributed by atoms with E-state index in [1.54, 1.807) is 16.1 Å². The fraction of sp³-hybridized carbons (Fsp3) is 0. The van der Waals surface area contributed by atoms with Gasteiger partial charge >= 0.3 is 0 Å². The molecule has 3 heterocycles. The Bertz CT molecular complexity index is 2840. The normalized spacial score (nSPS) is 11.8. The third-order valence-electron chi connectivity index (χ3n) is 8.90. The molecule has 7 aromatic carbocycles. The van der Waals surface area contributed by atoms with Gasteiger partial charge in [-0.2, -0.15) is 4.80 Å². The van der Waals surface area contributed by atoms with E-state index in [0.717, 1.165) is 55.0 Å². The van der Waals surface area contributed by atoms with Gasteiger partial charge in [-0.05, 0) is 52.6 Å². The number of nitrogens with zero attached hydrogens (tertiary/aromatic N) is 6. The van der Waals surface area contributed by atoms with Gasteiger partial charge in [0.1, 0.15) is 11.0 Å². The first-order chi connectivity index (χ1) is 23.7. The van der Waals surface area contributed by atoms with Crippen molar-refractivity contribution in [3.8, 4) is 39.9 Å². The molecule has 3 aromatic heterocycles. The standard InChI is InChI=1S/C41H24N6S/c1-3-9-26(10-4-1)39-42-40(44-41(43-39)29-18-21-33-32-13-7-8-14-35(32)48-36(33)24-29)28-17-20-31-27(23-28)16-15-25-19-22-34-38(37(25)31)46-47(45-34)30-11-5-2-6-12-30/h1-24H. The maximum Gasteiger partial charge on any atom is 0.164 e. The van der Waals surface area contributed by atoms with Gasteiger partial charge in [0.15, 0.2) is 17.5 Å². The van der Waals surface area contributed by atoms with Gasteiger partial charge < -0.3 is 0 Å². The molecule has 0 fully saturated rings. The predicted octanol–water partition coefficient (Wildman–Crippen LogP) is 10.3. The molecule has 0 bridgehead atoms. The molecule has 6 nitrogen and oxygen atoms in total. The van der Waals surface area contributed by atoms with E-state index >= 15 is 0 Å². The van der Waals surface area contributed by atoms with Gasteiger partial charge in [0.2, 0.25) is 0 Å². The van der Waals surface area contributed by atoms with E-state index in [4.69, 9.17) is 25.1 Å². The molecule has 7 heteroatoms. The smallest absolute Gasteiger partial charge is 0.164 e. The monoisotopic (exact) mass is 632 g/mol. The lowest BCUT2D eigenvalue weighted by atomic mass is 9.99. The molecule has 224 valence electrons. The average Bonchev–Trinajstić information content (AvgIpc) is 3.77. The highest BCUT2D eigenvalue weighted by Crippen LogP contribution is 2.37. The van der Waals surface area contributed by atoms with Crippen LogP contribution in [0.3, 0.4) is 0 Å². The summed E-state index contributed by atoms with van der Waals surface area (Å²) in [6.07, 6.45) is 0. The Morgan fingerprint density at radius 1 is 0.438 bits per heavy atom. The zero-order chi connectivity index (χ0) is 31.6. The Morgan fingerprint density at radius 2 is 1.06 bits per heavy atom. The van der Waals surface area contributed by atoms with Gasteiger partial charge in [-0.1, -0.05) is 109 Å². The molecule has 10 aromatic rings. The largest absolute Gasteiger partial charge is 0.208 e. The summed E-state index contributed by atoms with van der Waals surface area (Å²) in [6, 6.07) is 50.1. The van der Waals surface area contributed by atoms with Crippen LogP contribution in [0.5, 0.6) is 0 Å². The molecule has 0 aliphatic heterocycles. The zero-order valence-corrected chi connectivity index (χ0v) is 26.3. The average molecular weight is 633 g/mol. The van der Waals surface area contributed by atoms with Crippen LogP contribution in [-0.4, -0.2) is 29.9 Å². The Hall–Kier alpha value is -6.31. The molecule has 0 aliphatic rings. The van der Waals surface area contributed by atoms with E-state index in [9.17, 15) is 0 Å². The molecule has 0 amide bonds. The number of para-hydroxylation sites is 1. The lowest BCUT2D eigenvalue weighted by Crippen LogP contribution is -2.00. The number of rotatable bonds is 4. The molecular formula is C41H24N6S. The van der Waals surface area contributed by atoms with Crippen LogP contribution in [0.2, 0.25) is 0 Å². The van der Waals surface area contributed by atoms with Gasteiger partial charge in [0.25, 0.3) is 0 Å². The van der Waals surface area contributed by atoms with E-state index in [1.807, 2.05) is 66.7 Å². The van der Waals surface area contributed by atoms with Crippen molar-refractivity contribution in [2.45, 2.75) is 0 Å². The summed E-state index contributed by atoms with van der Waals surface area (Å²) in [5, 5.41) is 16.6. The Morgan fingerprint density at radius 3 is 1.88 bits per heavy atom. The second kappa shape index (κ2) is 10.6. The SMILES string of the molecule is c1ccc(-c2nc(-c3ccc4c(ccc5ccc6nn(-c7ccccc7)nc6c54)c3)nc(-c3ccc4c(c3)sc3ccccc34)n2)cc1. The molecule has 0 atom stereocenters. The van der Waals surface area contributed by atoms with Crippen molar-refractivity contribution in [3.05, 3.63) is 146 Å². The Balaban J connectivity index is 1.14. The highest BCUT2D eigenvalue weighted by atomic mass is 32.1. The number of fused-ring (bicyclic) bond motifs is 8. The van der Waals surface area contributed by atoms with Crippen molar-refractivity contribution in [2.75, 3.05) is 0 Å². The first kappa shape index (κ1) is 26.9. The summed E-state index contributed by atoms with van der Waals surface area (Å²) < 4.78 is 2.49. The molecule has 48 heavy (non-hydrogen) atoms. The topological polar surface area (TPSA) is 69.4 Å². The van der Waals surface area contributed by atoms with E-state index < -0.39 is 0 Å². The molecule has 0 unspecified atom stereocenters. The Labute approximate surface area is 278 Å². The highest BCUT2D eigenvalue weighted by Gasteiger charge is 2.16. The van der Waals surface area contributed by atoms with Crippen molar-refractivity contribution in [3.63, 3.8) is 0 Å². The maximum absolute atomic E-state index is 5.07. The van der Waals surface area contributed by atoms with Gasteiger partial charge in [-0.25, -0.2) is 15.0 Å². The summed E-state index contributed by atoms with van der Waals surface area (Å²) >= 11 is 1.79. The summed E-state index contributed by atoms with van der Waals surface area (Å²) in [6.45, 7) is 0. The number of hydrogen-bond acceptors (Lipinski definition) is 6. The Kier molecular flexibility index (Phi) is 5.94. The fourth-order valence-electron chi connectivity index (χ4n) is 6.56. The van der Waals surface area contributed by atoms with Crippen molar-refractivity contribution in [1.82, 2.24) is 29.9 Å². The third-order valence-corrected chi connectivity index (χ3v) is 10.0. The molecule has 0 saturated carbocycles. The van der Waals surface area contributed by atoms with Crippen molar-refractivity contribution in [2.24, 2.45) is 0 Å². The van der Waals surface area contributed by atoms with E-state index in [1.165, 1.54) is 20.2 Å². The van der Waals surface area contributed by atoms with Gasteiger partial charge in [-0.15, -0.1) is 21.5 Å². The minimum atomic E-state index is 0.630. The summed E-state index contributed by atoms with van der Waals surface area (Å²) in [5.41, 5.74) is 5.49. The van der Waals surface area contributed by atoms with Crippen molar-refractivity contribution < 1.29 is 0 Å². The van der Waals surface area contributed by atoms with Crippen LogP contribution < -0.4 is 0 Å². The minimum absolute atomic E-state index is 0.630. The van der Waals surface area contributed by atoms with Crippen LogP contribution in [0, 0.1) is 0 Å². The fourth-order valence-corrected chi connectivity index (χ4v) is 7.70. The van der Waals surface area contributed by atoms with E-state index in [0.29, 0.717) is 17.5 Å². The van der Waals surface area contributed by atoms with Crippen LogP contribution in [0.15, 0.2) is 146 Å². The predicted molar refractivity (Wildman–Crippen MR) is 196 cm³/mol. The molecule has 0 aliphatic carbocycles. The lowest BCUT2D eigenvalue weighted by Gasteiger charge is -2.10. The quantitative estimate of drug-likeness (QED) is 0.181. The first-order valence-corrected chi connectivity index (χ1v) is 16.6. The first-order valence-electron chi connectivity index (χ1n) is 15.8. The lowest BCUT2D eigenvalue weighted by molar-refractivity contribution is 0.766. The van der Waals surface area contributed by atoms with Crippen molar-refractivity contribution >= 4 is 64.1 Å². The van der Waals surface area contributed by atoms with Gasteiger partial charge in [0, 0.05) is 42.2 Å². The second-order valence-electron chi connectivity index (χ2n) is 11.8. The van der Waals surface area contributed by atoms with Gasteiger partial charge in [-0.3, -0.25) is 0 Å². The maximum atomic E-state index is 5.07. The molecular weight excluding hydrogens is 609 g/mol. The van der Waals surface area contributed by atoms with E-state index in [-0.39, 0.29) is 0 Å². The number of benzene rings is 7. The zero-order valence-electron chi connectivity index (χ0n) is 25.4. The van der Waals surface area contributed by atoms with Crippen LogP contribution in [-0.2, 0) is 0 Å². The molecule has 0 spiro atoms. The van der Waals surface area contributed by atoms with E-state index in [2.05, 4.69) is 78.9 Å². The second-order valence-corrected chi connectivity index (χ2v) is 12.9. The van der Waals surface area contributed by atoms with Crippen LogP contribution in [0.4, 0.5) is 0 Å². The van der Waals surface area contributed by atoms with Crippen LogP contribution in [0.25, 0.3) is 92.6 Å². The molecule has 10 rings (SSSR count).